The molecule has 1 fully saturated rings. The summed E-state index contributed by atoms with van der Waals surface area (Å²) < 4.78 is 11.2. The predicted octanol–water partition coefficient (Wildman–Crippen LogP) is 1.24. The van der Waals surface area contributed by atoms with Gasteiger partial charge < -0.3 is 15.2 Å². The van der Waals surface area contributed by atoms with Crippen LogP contribution in [0.2, 0.25) is 0 Å². The average Bonchev–Trinajstić information content (AvgIpc) is 2.41. The lowest BCUT2D eigenvalue weighted by Crippen LogP contribution is -2.45. The molecule has 1 heterocycles. The molecule has 1 aromatic rings. The first kappa shape index (κ1) is 13.3. The number of hydrogen-bond donors (Lipinski definition) is 1. The van der Waals surface area contributed by atoms with Gasteiger partial charge >= 0.3 is 0 Å². The highest BCUT2D eigenvalue weighted by Crippen LogP contribution is 2.20. The fourth-order valence-corrected chi connectivity index (χ4v) is 2.24. The first-order valence-corrected chi connectivity index (χ1v) is 6.58. The minimum Gasteiger partial charge on any atom is -0.494 e. The molecule has 18 heavy (non-hydrogen) atoms. The number of nitrogens with two attached hydrogens (primary N) is 1. The molecule has 1 unspecified atom stereocenters. The van der Waals surface area contributed by atoms with Gasteiger partial charge in [-0.15, -0.1) is 0 Å². The summed E-state index contributed by atoms with van der Waals surface area (Å²) in [6.07, 6.45) is 0.165. The van der Waals surface area contributed by atoms with E-state index in [2.05, 4.69) is 17.0 Å². The summed E-state index contributed by atoms with van der Waals surface area (Å²) in [6, 6.07) is 8.22. The molecule has 4 heteroatoms. The molecule has 0 aromatic heterocycles. The van der Waals surface area contributed by atoms with E-state index in [-0.39, 0.29) is 6.10 Å². The van der Waals surface area contributed by atoms with Crippen molar-refractivity contribution in [2.24, 2.45) is 5.73 Å². The summed E-state index contributed by atoms with van der Waals surface area (Å²) in [4.78, 5) is 2.37. The molecule has 2 N–H and O–H groups in total. The molecule has 1 aromatic carbocycles. The maximum atomic E-state index is 5.66. The molecular weight excluding hydrogens is 228 g/mol. The Kier molecular flexibility index (Phi) is 4.99. The number of benzene rings is 1. The highest BCUT2D eigenvalue weighted by atomic mass is 16.5. The van der Waals surface area contributed by atoms with Gasteiger partial charge in [0.05, 0.1) is 19.3 Å². The van der Waals surface area contributed by atoms with E-state index in [4.69, 9.17) is 15.2 Å². The van der Waals surface area contributed by atoms with Crippen molar-refractivity contribution >= 4 is 0 Å². The molecular formula is C14H22N2O2. The van der Waals surface area contributed by atoms with Gasteiger partial charge in [-0.2, -0.15) is 0 Å². The third-order valence-electron chi connectivity index (χ3n) is 3.15. The van der Waals surface area contributed by atoms with Crippen LogP contribution in [-0.2, 0) is 11.3 Å². The zero-order chi connectivity index (χ0) is 12.8. The maximum absolute atomic E-state index is 5.66. The normalized spacial score (nSPS) is 20.9. The highest BCUT2D eigenvalue weighted by molar-refractivity contribution is 5.33. The largest absolute Gasteiger partial charge is 0.494 e. The van der Waals surface area contributed by atoms with Crippen molar-refractivity contribution < 1.29 is 9.47 Å². The van der Waals surface area contributed by atoms with E-state index in [9.17, 15) is 0 Å². The van der Waals surface area contributed by atoms with Gasteiger partial charge in [0.2, 0.25) is 0 Å². The van der Waals surface area contributed by atoms with E-state index in [1.165, 1.54) is 5.56 Å². The van der Waals surface area contributed by atoms with Crippen molar-refractivity contribution in [1.82, 2.24) is 4.90 Å². The van der Waals surface area contributed by atoms with E-state index < -0.39 is 0 Å². The lowest BCUT2D eigenvalue weighted by Gasteiger charge is -2.32. The van der Waals surface area contributed by atoms with Gasteiger partial charge in [0.25, 0.3) is 0 Å². The van der Waals surface area contributed by atoms with Crippen LogP contribution in [0.15, 0.2) is 24.3 Å². The monoisotopic (exact) mass is 250 g/mol. The first-order valence-electron chi connectivity index (χ1n) is 6.58. The van der Waals surface area contributed by atoms with E-state index in [0.29, 0.717) is 13.2 Å². The van der Waals surface area contributed by atoms with Crippen molar-refractivity contribution in [3.63, 3.8) is 0 Å². The van der Waals surface area contributed by atoms with Crippen LogP contribution in [0.25, 0.3) is 0 Å². The molecule has 100 valence electrons. The summed E-state index contributed by atoms with van der Waals surface area (Å²) in [6.45, 7) is 6.81. The molecule has 0 spiro atoms. The molecule has 0 bridgehead atoms. The second-order valence-corrected chi connectivity index (χ2v) is 4.50. The van der Waals surface area contributed by atoms with Crippen LogP contribution in [0.5, 0.6) is 5.75 Å². The third kappa shape index (κ3) is 3.45. The van der Waals surface area contributed by atoms with Crippen LogP contribution in [0.4, 0.5) is 0 Å². The van der Waals surface area contributed by atoms with Crippen LogP contribution in [0.3, 0.4) is 0 Å². The zero-order valence-corrected chi connectivity index (χ0v) is 11.0. The molecule has 1 aliphatic heterocycles. The molecule has 1 aliphatic rings. The molecule has 0 radical (unpaired) electrons. The van der Waals surface area contributed by atoms with E-state index in [0.717, 1.165) is 32.0 Å². The highest BCUT2D eigenvalue weighted by Gasteiger charge is 2.19. The number of nitrogens with zero attached hydrogens (tertiary/aromatic N) is 1. The number of para-hydroxylation sites is 1. The molecule has 1 saturated heterocycles. The number of ether oxygens (including phenoxy) is 2. The topological polar surface area (TPSA) is 47.7 Å². The summed E-state index contributed by atoms with van der Waals surface area (Å²) in [5.41, 5.74) is 6.89. The summed E-state index contributed by atoms with van der Waals surface area (Å²) in [7, 11) is 0. The zero-order valence-electron chi connectivity index (χ0n) is 11.0. The summed E-state index contributed by atoms with van der Waals surface area (Å²) in [5, 5.41) is 0. The van der Waals surface area contributed by atoms with Crippen molar-refractivity contribution in [3.05, 3.63) is 29.8 Å². The van der Waals surface area contributed by atoms with Crippen LogP contribution in [0.1, 0.15) is 12.5 Å². The molecule has 2 rings (SSSR count). The van der Waals surface area contributed by atoms with Gasteiger partial charge in [-0.25, -0.2) is 0 Å². The van der Waals surface area contributed by atoms with Crippen molar-refractivity contribution in [3.8, 4) is 5.75 Å². The second kappa shape index (κ2) is 6.73. The Morgan fingerprint density at radius 1 is 1.44 bits per heavy atom. The molecule has 0 aliphatic carbocycles. The van der Waals surface area contributed by atoms with E-state index >= 15 is 0 Å². The number of rotatable bonds is 5. The van der Waals surface area contributed by atoms with Crippen molar-refractivity contribution in [1.29, 1.82) is 0 Å². The minimum atomic E-state index is 0.165. The Morgan fingerprint density at radius 2 is 2.28 bits per heavy atom. The Labute approximate surface area is 109 Å². The Balaban J connectivity index is 1.99. The standard InChI is InChI=1S/C14H22N2O2/c1-2-17-14-6-4-3-5-12(14)10-16-7-8-18-13(9-15)11-16/h3-6,13H,2,7-11,15H2,1H3. The third-order valence-corrected chi connectivity index (χ3v) is 3.15. The summed E-state index contributed by atoms with van der Waals surface area (Å²) in [5.74, 6) is 0.982. The quantitative estimate of drug-likeness (QED) is 0.854. The molecule has 4 nitrogen and oxygen atoms in total. The fraction of sp³-hybridized carbons (Fsp3) is 0.571. The van der Waals surface area contributed by atoms with Crippen LogP contribution >= 0.6 is 0 Å². The van der Waals surface area contributed by atoms with Crippen molar-refractivity contribution in [2.45, 2.75) is 19.6 Å². The first-order chi connectivity index (χ1) is 8.83. The second-order valence-electron chi connectivity index (χ2n) is 4.50. The Bertz CT molecular complexity index is 371. The number of morpholine rings is 1. The average molecular weight is 250 g/mol. The van der Waals surface area contributed by atoms with Gasteiger partial charge in [0, 0.05) is 31.7 Å². The fourth-order valence-electron chi connectivity index (χ4n) is 2.24. The smallest absolute Gasteiger partial charge is 0.123 e. The summed E-state index contributed by atoms with van der Waals surface area (Å²) >= 11 is 0. The van der Waals surface area contributed by atoms with E-state index in [1.54, 1.807) is 0 Å². The van der Waals surface area contributed by atoms with Crippen molar-refractivity contribution in [2.75, 3.05) is 32.8 Å². The predicted molar refractivity (Wildman–Crippen MR) is 71.7 cm³/mol. The van der Waals surface area contributed by atoms with Crippen LogP contribution < -0.4 is 10.5 Å². The molecule has 0 saturated carbocycles. The minimum absolute atomic E-state index is 0.165. The lowest BCUT2D eigenvalue weighted by atomic mass is 10.1. The van der Waals surface area contributed by atoms with E-state index in [1.807, 2.05) is 19.1 Å². The van der Waals surface area contributed by atoms with Gasteiger partial charge in [-0.05, 0) is 13.0 Å². The SMILES string of the molecule is CCOc1ccccc1CN1CCOC(CN)C1. The van der Waals surface area contributed by atoms with Crippen LogP contribution in [-0.4, -0.2) is 43.9 Å². The van der Waals surface area contributed by atoms with Gasteiger partial charge in [0.1, 0.15) is 5.75 Å². The Hall–Kier alpha value is -1.10. The molecule has 1 atom stereocenters. The Morgan fingerprint density at radius 3 is 3.06 bits per heavy atom. The van der Waals surface area contributed by atoms with Gasteiger partial charge in [-0.1, -0.05) is 18.2 Å². The van der Waals surface area contributed by atoms with Crippen LogP contribution in [0, 0.1) is 0 Å². The maximum Gasteiger partial charge on any atom is 0.123 e. The van der Waals surface area contributed by atoms with Gasteiger partial charge in [0.15, 0.2) is 0 Å². The lowest BCUT2D eigenvalue weighted by molar-refractivity contribution is -0.0262. The molecule has 0 amide bonds. The van der Waals surface area contributed by atoms with Gasteiger partial charge in [-0.3, -0.25) is 4.90 Å². The number of hydrogen-bond acceptors (Lipinski definition) is 4.